The molecule has 98 valence electrons. The van der Waals surface area contributed by atoms with Crippen LogP contribution in [0.15, 0.2) is 54.6 Å². The van der Waals surface area contributed by atoms with E-state index >= 15 is 0 Å². The van der Waals surface area contributed by atoms with E-state index in [2.05, 4.69) is 10.6 Å². The van der Waals surface area contributed by atoms with Crippen molar-refractivity contribution < 1.29 is 4.79 Å². The van der Waals surface area contributed by atoms with E-state index in [1.807, 2.05) is 37.3 Å². The summed E-state index contributed by atoms with van der Waals surface area (Å²) in [6.07, 6.45) is 0. The molecule has 1 unspecified atom stereocenters. The van der Waals surface area contributed by atoms with Gasteiger partial charge in [0.05, 0.1) is 0 Å². The molecule has 0 aromatic heterocycles. The Labute approximate surface area is 117 Å². The van der Waals surface area contributed by atoms with E-state index in [-0.39, 0.29) is 11.9 Å². The molecule has 0 saturated carbocycles. The van der Waals surface area contributed by atoms with Gasteiger partial charge in [0.15, 0.2) is 0 Å². The van der Waals surface area contributed by atoms with Gasteiger partial charge in [-0.25, -0.2) is 0 Å². The number of hydrogen-bond donors (Lipinski definition) is 2. The summed E-state index contributed by atoms with van der Waals surface area (Å²) in [7, 11) is 0. The molecule has 2 rings (SSSR count). The fourth-order valence-corrected chi connectivity index (χ4v) is 1.76. The summed E-state index contributed by atoms with van der Waals surface area (Å²) in [6, 6.07) is 16.3. The smallest absolute Gasteiger partial charge is 0.246 e. The van der Waals surface area contributed by atoms with Crippen LogP contribution in [-0.2, 0) is 4.79 Å². The van der Waals surface area contributed by atoms with Crippen molar-refractivity contribution >= 4 is 28.9 Å². The number of para-hydroxylation sites is 1. The Morgan fingerprint density at radius 2 is 1.63 bits per heavy atom. The summed E-state index contributed by atoms with van der Waals surface area (Å²) in [5.41, 5.74) is 1.65. The second kappa shape index (κ2) is 6.25. The van der Waals surface area contributed by atoms with Gasteiger partial charge in [0.1, 0.15) is 6.04 Å². The molecule has 0 aliphatic carbocycles. The molecule has 1 amide bonds. The van der Waals surface area contributed by atoms with Crippen LogP contribution in [0.2, 0.25) is 5.02 Å². The second-order valence-corrected chi connectivity index (χ2v) is 4.66. The molecule has 2 aromatic rings. The van der Waals surface area contributed by atoms with E-state index in [1.54, 1.807) is 24.3 Å². The number of carbonyl (C=O) groups is 1. The Kier molecular flexibility index (Phi) is 4.42. The van der Waals surface area contributed by atoms with E-state index in [9.17, 15) is 4.79 Å². The van der Waals surface area contributed by atoms with Crippen molar-refractivity contribution in [1.82, 2.24) is 0 Å². The molecule has 0 aliphatic heterocycles. The third-order valence-corrected chi connectivity index (χ3v) is 2.91. The highest BCUT2D eigenvalue weighted by atomic mass is 35.5. The van der Waals surface area contributed by atoms with Crippen LogP contribution in [0.1, 0.15) is 6.92 Å². The van der Waals surface area contributed by atoms with Crippen molar-refractivity contribution in [3.05, 3.63) is 59.6 Å². The van der Waals surface area contributed by atoms with Crippen LogP contribution in [0.5, 0.6) is 0 Å². The molecule has 0 radical (unpaired) electrons. The van der Waals surface area contributed by atoms with Crippen LogP contribution in [0.3, 0.4) is 0 Å². The molecule has 2 N–H and O–H groups in total. The van der Waals surface area contributed by atoms with E-state index in [4.69, 9.17) is 11.6 Å². The largest absolute Gasteiger partial charge is 0.374 e. The van der Waals surface area contributed by atoms with Gasteiger partial charge in [0, 0.05) is 16.4 Å². The van der Waals surface area contributed by atoms with Crippen molar-refractivity contribution in [1.29, 1.82) is 0 Å². The lowest BCUT2D eigenvalue weighted by Crippen LogP contribution is -2.31. The monoisotopic (exact) mass is 274 g/mol. The van der Waals surface area contributed by atoms with Crippen LogP contribution < -0.4 is 10.6 Å². The molecular formula is C15H15ClN2O. The third-order valence-electron chi connectivity index (χ3n) is 2.66. The third kappa shape index (κ3) is 4.00. The summed E-state index contributed by atoms with van der Waals surface area (Å²) >= 11 is 5.79. The molecule has 0 fully saturated rings. The average Bonchev–Trinajstić information content (AvgIpc) is 2.42. The highest BCUT2D eigenvalue weighted by molar-refractivity contribution is 6.30. The standard InChI is InChI=1S/C15H15ClN2O/c1-11(17-13-5-3-2-4-6-13)15(19)18-14-9-7-12(16)8-10-14/h2-11,17H,1H3,(H,18,19). The van der Waals surface area contributed by atoms with Crippen LogP contribution in [0, 0.1) is 0 Å². The van der Waals surface area contributed by atoms with Gasteiger partial charge < -0.3 is 10.6 Å². The minimum Gasteiger partial charge on any atom is -0.374 e. The van der Waals surface area contributed by atoms with Gasteiger partial charge in [0.25, 0.3) is 0 Å². The minimum absolute atomic E-state index is 0.0915. The zero-order chi connectivity index (χ0) is 13.7. The summed E-state index contributed by atoms with van der Waals surface area (Å²) in [4.78, 5) is 12.0. The number of amides is 1. The van der Waals surface area contributed by atoms with Gasteiger partial charge in [-0.1, -0.05) is 29.8 Å². The van der Waals surface area contributed by atoms with E-state index < -0.39 is 0 Å². The van der Waals surface area contributed by atoms with Gasteiger partial charge in [-0.05, 0) is 43.3 Å². The predicted molar refractivity (Wildman–Crippen MR) is 79.6 cm³/mol. The minimum atomic E-state index is -0.321. The lowest BCUT2D eigenvalue weighted by molar-refractivity contribution is -0.116. The summed E-state index contributed by atoms with van der Waals surface area (Å²) in [6.45, 7) is 1.82. The summed E-state index contributed by atoms with van der Waals surface area (Å²) in [5.74, 6) is -0.0915. The summed E-state index contributed by atoms with van der Waals surface area (Å²) in [5, 5.41) is 6.61. The number of halogens is 1. The van der Waals surface area contributed by atoms with Gasteiger partial charge in [-0.2, -0.15) is 0 Å². The number of carbonyl (C=O) groups excluding carboxylic acids is 1. The van der Waals surface area contributed by atoms with E-state index in [0.29, 0.717) is 5.02 Å². The molecule has 4 heteroatoms. The first-order chi connectivity index (χ1) is 9.15. The number of rotatable bonds is 4. The maximum atomic E-state index is 12.0. The second-order valence-electron chi connectivity index (χ2n) is 4.23. The van der Waals surface area contributed by atoms with Crippen LogP contribution in [0.25, 0.3) is 0 Å². The number of nitrogens with one attached hydrogen (secondary N) is 2. The quantitative estimate of drug-likeness (QED) is 0.891. The molecular weight excluding hydrogens is 260 g/mol. The SMILES string of the molecule is CC(Nc1ccccc1)C(=O)Nc1ccc(Cl)cc1. The Morgan fingerprint density at radius 1 is 1.00 bits per heavy atom. The normalized spacial score (nSPS) is 11.7. The number of anilines is 2. The van der Waals surface area contributed by atoms with Gasteiger partial charge in [0.2, 0.25) is 5.91 Å². The van der Waals surface area contributed by atoms with Crippen LogP contribution in [0.4, 0.5) is 11.4 Å². The fourth-order valence-electron chi connectivity index (χ4n) is 1.63. The van der Waals surface area contributed by atoms with Crippen molar-refractivity contribution in [2.45, 2.75) is 13.0 Å². The van der Waals surface area contributed by atoms with Gasteiger partial charge in [-0.3, -0.25) is 4.79 Å². The zero-order valence-electron chi connectivity index (χ0n) is 10.6. The maximum Gasteiger partial charge on any atom is 0.246 e. The highest BCUT2D eigenvalue weighted by Gasteiger charge is 2.12. The van der Waals surface area contributed by atoms with E-state index in [0.717, 1.165) is 11.4 Å². The average molecular weight is 275 g/mol. The molecule has 1 atom stereocenters. The first-order valence-electron chi connectivity index (χ1n) is 6.03. The van der Waals surface area contributed by atoms with Gasteiger partial charge >= 0.3 is 0 Å². The van der Waals surface area contributed by atoms with Crippen molar-refractivity contribution in [2.24, 2.45) is 0 Å². The Balaban J connectivity index is 1.94. The van der Waals surface area contributed by atoms with Crippen molar-refractivity contribution in [2.75, 3.05) is 10.6 Å². The Hall–Kier alpha value is -2.00. The number of hydrogen-bond acceptors (Lipinski definition) is 2. The molecule has 2 aromatic carbocycles. The topological polar surface area (TPSA) is 41.1 Å². The lowest BCUT2D eigenvalue weighted by Gasteiger charge is -2.15. The molecule has 0 saturated heterocycles. The van der Waals surface area contributed by atoms with Crippen LogP contribution in [-0.4, -0.2) is 11.9 Å². The molecule has 0 bridgehead atoms. The Bertz CT molecular complexity index is 540. The van der Waals surface area contributed by atoms with Gasteiger partial charge in [-0.15, -0.1) is 0 Å². The first kappa shape index (κ1) is 13.4. The first-order valence-corrected chi connectivity index (χ1v) is 6.41. The number of benzene rings is 2. The fraction of sp³-hybridized carbons (Fsp3) is 0.133. The highest BCUT2D eigenvalue weighted by Crippen LogP contribution is 2.14. The van der Waals surface area contributed by atoms with E-state index in [1.165, 1.54) is 0 Å². The molecule has 0 aliphatic rings. The maximum absolute atomic E-state index is 12.0. The molecule has 0 spiro atoms. The Morgan fingerprint density at radius 3 is 2.26 bits per heavy atom. The molecule has 0 heterocycles. The molecule has 19 heavy (non-hydrogen) atoms. The van der Waals surface area contributed by atoms with Crippen molar-refractivity contribution in [3.63, 3.8) is 0 Å². The lowest BCUT2D eigenvalue weighted by atomic mass is 10.2. The van der Waals surface area contributed by atoms with Crippen molar-refractivity contribution in [3.8, 4) is 0 Å². The zero-order valence-corrected chi connectivity index (χ0v) is 11.3. The predicted octanol–water partition coefficient (Wildman–Crippen LogP) is 3.78. The van der Waals surface area contributed by atoms with Crippen LogP contribution >= 0.6 is 11.6 Å². The summed E-state index contributed by atoms with van der Waals surface area (Å²) < 4.78 is 0. The molecule has 3 nitrogen and oxygen atoms in total.